The lowest BCUT2D eigenvalue weighted by Crippen LogP contribution is -2.41. The van der Waals surface area contributed by atoms with E-state index in [1.807, 2.05) is 0 Å². The Kier molecular flexibility index (Phi) is 12.8. The lowest BCUT2D eigenvalue weighted by molar-refractivity contribution is 0.00578. The fourth-order valence-electron chi connectivity index (χ4n) is 11.6. The summed E-state index contributed by atoms with van der Waals surface area (Å²) < 4.78 is 25.7. The van der Waals surface area contributed by atoms with Crippen molar-refractivity contribution >= 4 is 25.2 Å². The van der Waals surface area contributed by atoms with E-state index in [1.165, 1.54) is 134 Å². The second-order valence-corrected chi connectivity index (χ2v) is 21.3. The molecule has 9 rings (SSSR count). The highest BCUT2D eigenvalue weighted by Crippen LogP contribution is 2.61. The first-order valence-corrected chi connectivity index (χ1v) is 25.1. The molecule has 6 heteroatoms. The molecule has 2 aliphatic carbocycles. The minimum Gasteiger partial charge on any atom is -0.404 e. The Morgan fingerprint density at radius 1 is 0.438 bits per heavy atom. The molecule has 0 bridgehead atoms. The molecule has 0 amide bonds. The van der Waals surface area contributed by atoms with Crippen LogP contribution in [-0.2, 0) is 29.4 Å². The lowest BCUT2D eigenvalue weighted by atomic mass is 9.65. The summed E-state index contributed by atoms with van der Waals surface area (Å²) in [7, 11) is -0.812. The molecule has 0 radical (unpaired) electrons. The van der Waals surface area contributed by atoms with E-state index < -0.39 is 23.7 Å². The van der Waals surface area contributed by atoms with Gasteiger partial charge in [0.2, 0.25) is 0 Å². The SMILES string of the molecule is CCCCCCCCC1(CCCCCCCC)c2ccccc2-c2cc3c(cc21)-c1ccccc1C3(c1ccc(B2OCC(C)(C)O2)cc1)c1ccc(B2OC(C)(C)C(C)(C)O2)cc1. The number of hydrogen-bond acceptors (Lipinski definition) is 4. The smallest absolute Gasteiger partial charge is 0.404 e. The summed E-state index contributed by atoms with van der Waals surface area (Å²) in [6, 6.07) is 42.3. The van der Waals surface area contributed by atoms with Gasteiger partial charge in [0.15, 0.2) is 0 Å². The fraction of sp³-hybridized carbons (Fsp3) is 0.483. The first-order chi connectivity index (χ1) is 30.8. The molecule has 0 aromatic heterocycles. The topological polar surface area (TPSA) is 36.9 Å². The van der Waals surface area contributed by atoms with Crippen LogP contribution in [0.4, 0.5) is 0 Å². The first-order valence-electron chi connectivity index (χ1n) is 25.1. The number of unbranched alkanes of at least 4 members (excludes halogenated alkanes) is 10. The number of hydrogen-bond donors (Lipinski definition) is 0. The van der Waals surface area contributed by atoms with Gasteiger partial charge in [0, 0.05) is 5.41 Å². The van der Waals surface area contributed by atoms with Gasteiger partial charge in [-0.05, 0) is 133 Å². The molecule has 1 atom stereocenters. The van der Waals surface area contributed by atoms with Crippen molar-refractivity contribution in [1.29, 1.82) is 0 Å². The Balaban J connectivity index is 1.20. The minimum atomic E-state index is -0.580. The highest BCUT2D eigenvalue weighted by atomic mass is 16.7. The Morgan fingerprint density at radius 2 is 0.891 bits per heavy atom. The summed E-state index contributed by atoms with van der Waals surface area (Å²) in [4.78, 5) is 0. The van der Waals surface area contributed by atoms with Crippen molar-refractivity contribution < 1.29 is 18.6 Å². The molecular formula is C58H72B2O4. The second kappa shape index (κ2) is 18.0. The third kappa shape index (κ3) is 7.97. The zero-order valence-electron chi connectivity index (χ0n) is 40.3. The average molecular weight is 855 g/mol. The maximum absolute atomic E-state index is 6.58. The summed E-state index contributed by atoms with van der Waals surface area (Å²) in [6.45, 7) is 17.9. The molecule has 64 heavy (non-hydrogen) atoms. The number of fused-ring (bicyclic) bond motifs is 6. The van der Waals surface area contributed by atoms with Gasteiger partial charge in [-0.3, -0.25) is 0 Å². The predicted octanol–water partition coefficient (Wildman–Crippen LogP) is 13.6. The van der Waals surface area contributed by atoms with Crippen molar-refractivity contribution in [3.63, 3.8) is 0 Å². The van der Waals surface area contributed by atoms with Gasteiger partial charge >= 0.3 is 14.2 Å². The van der Waals surface area contributed by atoms with Gasteiger partial charge in [-0.15, -0.1) is 0 Å². The zero-order valence-corrected chi connectivity index (χ0v) is 40.3. The molecule has 0 N–H and O–H groups in total. The Bertz CT molecular complexity index is 2380. The van der Waals surface area contributed by atoms with Gasteiger partial charge in [0.1, 0.15) is 0 Å². The monoisotopic (exact) mass is 855 g/mol. The molecule has 334 valence electrons. The molecule has 2 fully saturated rings. The fourth-order valence-corrected chi connectivity index (χ4v) is 11.6. The summed E-state index contributed by atoms with van der Waals surface area (Å²) in [6.07, 6.45) is 18.1. The van der Waals surface area contributed by atoms with E-state index >= 15 is 0 Å². The standard InChI is InChI=1S/C58H72B2O4/c1-9-11-13-15-17-23-37-57(38-24-18-16-14-12-10-2)50-27-21-19-25-46(50)48-40-53-49(39-52(48)57)47-26-20-22-28-51(47)58(53,42-29-33-44(34-30-42)59-61-41-54(3,4)62-59)43-31-35-45(36-32-43)60-63-55(5,6)56(7,8)64-60/h19-22,25-36,39-40H,9-18,23-24,37-38,41H2,1-8H3. The van der Waals surface area contributed by atoms with E-state index in [-0.39, 0.29) is 18.1 Å². The van der Waals surface area contributed by atoms with Crippen LogP contribution in [0.2, 0.25) is 0 Å². The Hall–Kier alpha value is -3.93. The van der Waals surface area contributed by atoms with Crippen molar-refractivity contribution in [2.75, 3.05) is 6.61 Å². The van der Waals surface area contributed by atoms with Crippen molar-refractivity contribution in [3.8, 4) is 22.3 Å². The van der Waals surface area contributed by atoms with Crippen LogP contribution in [0.25, 0.3) is 22.3 Å². The molecule has 2 aliphatic heterocycles. The third-order valence-electron chi connectivity index (χ3n) is 15.8. The molecule has 5 aromatic rings. The zero-order chi connectivity index (χ0) is 44.7. The van der Waals surface area contributed by atoms with E-state index in [1.54, 1.807) is 11.1 Å². The normalized spacial score (nSPS) is 20.6. The van der Waals surface area contributed by atoms with Gasteiger partial charge in [0.05, 0.1) is 28.8 Å². The quantitative estimate of drug-likeness (QED) is 0.0637. The van der Waals surface area contributed by atoms with Crippen LogP contribution in [0, 0.1) is 0 Å². The summed E-state index contributed by atoms with van der Waals surface area (Å²) >= 11 is 0. The van der Waals surface area contributed by atoms with Gasteiger partial charge in [0.25, 0.3) is 0 Å². The van der Waals surface area contributed by atoms with Gasteiger partial charge < -0.3 is 18.6 Å². The molecule has 2 heterocycles. The van der Waals surface area contributed by atoms with E-state index in [0.717, 1.165) is 10.9 Å². The average Bonchev–Trinajstić information content (AvgIpc) is 3.96. The predicted molar refractivity (Wildman–Crippen MR) is 268 cm³/mol. The van der Waals surface area contributed by atoms with Crippen LogP contribution in [0.1, 0.15) is 179 Å². The van der Waals surface area contributed by atoms with Gasteiger partial charge in [-0.25, -0.2) is 0 Å². The second-order valence-electron chi connectivity index (χ2n) is 21.3. The van der Waals surface area contributed by atoms with Crippen molar-refractivity contribution in [2.45, 2.75) is 173 Å². The first kappa shape index (κ1) is 45.2. The van der Waals surface area contributed by atoms with Crippen molar-refractivity contribution in [2.24, 2.45) is 0 Å². The molecule has 4 nitrogen and oxygen atoms in total. The molecule has 4 aliphatic rings. The highest BCUT2D eigenvalue weighted by molar-refractivity contribution is 6.62. The van der Waals surface area contributed by atoms with Crippen LogP contribution < -0.4 is 10.9 Å². The molecule has 0 saturated carbocycles. The summed E-state index contributed by atoms with van der Waals surface area (Å²) in [5.74, 6) is 0. The van der Waals surface area contributed by atoms with E-state index in [4.69, 9.17) is 18.6 Å². The Labute approximate surface area is 386 Å². The Morgan fingerprint density at radius 3 is 1.42 bits per heavy atom. The molecule has 2 saturated heterocycles. The third-order valence-corrected chi connectivity index (χ3v) is 15.8. The maximum Gasteiger partial charge on any atom is 0.494 e. The van der Waals surface area contributed by atoms with Gasteiger partial charge in [-0.1, -0.05) is 188 Å². The van der Waals surface area contributed by atoms with Crippen molar-refractivity contribution in [3.05, 3.63) is 143 Å². The van der Waals surface area contributed by atoms with Crippen LogP contribution in [0.3, 0.4) is 0 Å². The van der Waals surface area contributed by atoms with Crippen LogP contribution in [-0.4, -0.2) is 37.6 Å². The van der Waals surface area contributed by atoms with E-state index in [2.05, 4.69) is 165 Å². The lowest BCUT2D eigenvalue weighted by Gasteiger charge is -2.35. The number of benzene rings is 5. The van der Waals surface area contributed by atoms with E-state index in [0.29, 0.717) is 6.61 Å². The minimum absolute atomic E-state index is 0.00213. The van der Waals surface area contributed by atoms with E-state index in [9.17, 15) is 0 Å². The van der Waals surface area contributed by atoms with Crippen LogP contribution >= 0.6 is 0 Å². The van der Waals surface area contributed by atoms with Crippen LogP contribution in [0.5, 0.6) is 0 Å². The number of rotatable bonds is 18. The summed E-state index contributed by atoms with van der Waals surface area (Å²) in [5.41, 5.74) is 14.1. The maximum atomic E-state index is 6.58. The molecule has 0 spiro atoms. The van der Waals surface area contributed by atoms with Gasteiger partial charge in [-0.2, -0.15) is 0 Å². The highest BCUT2D eigenvalue weighted by Gasteiger charge is 2.53. The summed E-state index contributed by atoms with van der Waals surface area (Å²) in [5, 5.41) is 0. The van der Waals surface area contributed by atoms with Crippen molar-refractivity contribution in [1.82, 2.24) is 0 Å². The largest absolute Gasteiger partial charge is 0.494 e. The van der Waals surface area contributed by atoms with Crippen LogP contribution in [0.15, 0.2) is 109 Å². The molecule has 1 unspecified atom stereocenters. The molecular weight excluding hydrogens is 782 g/mol. The molecule has 5 aromatic carbocycles.